The van der Waals surface area contributed by atoms with Gasteiger partial charge in [-0.25, -0.2) is 0 Å². The summed E-state index contributed by atoms with van der Waals surface area (Å²) in [6.07, 6.45) is 8.53. The fourth-order valence-electron chi connectivity index (χ4n) is 2.52. The van der Waals surface area contributed by atoms with E-state index in [0.717, 1.165) is 19.0 Å². The van der Waals surface area contributed by atoms with Crippen LogP contribution in [0, 0.1) is 5.92 Å². The molecule has 1 aliphatic rings. The van der Waals surface area contributed by atoms with Crippen LogP contribution in [0.15, 0.2) is 0 Å². The lowest BCUT2D eigenvalue weighted by atomic mass is 9.84. The van der Waals surface area contributed by atoms with Gasteiger partial charge in [0.1, 0.15) is 0 Å². The summed E-state index contributed by atoms with van der Waals surface area (Å²) in [5.41, 5.74) is 5.82. The van der Waals surface area contributed by atoms with Gasteiger partial charge in [-0.2, -0.15) is 0 Å². The number of nitrogens with two attached hydrogens (primary N) is 1. The molecule has 0 bridgehead atoms. The van der Waals surface area contributed by atoms with Crippen LogP contribution in [0.25, 0.3) is 0 Å². The zero-order chi connectivity index (χ0) is 10.4. The lowest BCUT2D eigenvalue weighted by Gasteiger charge is -2.31. The van der Waals surface area contributed by atoms with Crippen molar-refractivity contribution >= 4 is 0 Å². The molecule has 0 saturated heterocycles. The Morgan fingerprint density at radius 2 is 1.93 bits per heavy atom. The minimum absolute atomic E-state index is 0.614. The summed E-state index contributed by atoms with van der Waals surface area (Å²) in [6, 6.07) is 0.614. The van der Waals surface area contributed by atoms with Crippen LogP contribution in [0.3, 0.4) is 0 Å². The second-order valence-corrected chi connectivity index (χ2v) is 4.70. The summed E-state index contributed by atoms with van der Waals surface area (Å²) >= 11 is 0. The maximum Gasteiger partial charge on any atom is 0.0217 e. The molecular weight excluding hydrogens is 172 g/mol. The van der Waals surface area contributed by atoms with Gasteiger partial charge in [0.2, 0.25) is 0 Å². The van der Waals surface area contributed by atoms with Gasteiger partial charge in [0.05, 0.1) is 0 Å². The summed E-state index contributed by atoms with van der Waals surface area (Å²) in [4.78, 5) is 2.40. The monoisotopic (exact) mass is 198 g/mol. The van der Waals surface area contributed by atoms with E-state index in [0.29, 0.717) is 6.04 Å². The lowest BCUT2D eigenvalue weighted by Crippen LogP contribution is -2.39. The zero-order valence-electron chi connectivity index (χ0n) is 9.84. The average Bonchev–Trinajstić information content (AvgIpc) is 2.26. The van der Waals surface area contributed by atoms with Gasteiger partial charge in [0.25, 0.3) is 0 Å². The van der Waals surface area contributed by atoms with Gasteiger partial charge in [-0.1, -0.05) is 39.0 Å². The summed E-state index contributed by atoms with van der Waals surface area (Å²) in [6.45, 7) is 4.15. The fraction of sp³-hybridized carbons (Fsp3) is 1.00. The van der Waals surface area contributed by atoms with E-state index < -0.39 is 0 Å². The molecule has 1 fully saturated rings. The molecule has 0 aromatic rings. The van der Waals surface area contributed by atoms with Crippen LogP contribution in [0.1, 0.15) is 45.4 Å². The summed E-state index contributed by atoms with van der Waals surface area (Å²) in [5.74, 6) is 0.950. The third-order valence-corrected chi connectivity index (χ3v) is 3.72. The van der Waals surface area contributed by atoms with Gasteiger partial charge >= 0.3 is 0 Å². The first-order chi connectivity index (χ1) is 6.77. The first-order valence-electron chi connectivity index (χ1n) is 6.18. The average molecular weight is 198 g/mol. The minimum Gasteiger partial charge on any atom is -0.329 e. The van der Waals surface area contributed by atoms with E-state index in [1.807, 2.05) is 0 Å². The second kappa shape index (κ2) is 6.41. The summed E-state index contributed by atoms with van der Waals surface area (Å²) in [5, 5.41) is 0. The Morgan fingerprint density at radius 1 is 1.29 bits per heavy atom. The quantitative estimate of drug-likeness (QED) is 0.734. The van der Waals surface area contributed by atoms with Crippen molar-refractivity contribution < 1.29 is 0 Å². The molecular formula is C12H26N2. The maximum atomic E-state index is 5.82. The van der Waals surface area contributed by atoms with E-state index in [1.54, 1.807) is 0 Å². The van der Waals surface area contributed by atoms with Gasteiger partial charge in [0.15, 0.2) is 0 Å². The molecule has 1 atom stereocenters. The van der Waals surface area contributed by atoms with Crippen LogP contribution in [0.4, 0.5) is 0 Å². The van der Waals surface area contributed by atoms with Gasteiger partial charge in [-0.15, -0.1) is 0 Å². The molecule has 2 N–H and O–H groups in total. The van der Waals surface area contributed by atoms with Gasteiger partial charge in [-0.05, 0) is 25.9 Å². The van der Waals surface area contributed by atoms with E-state index in [2.05, 4.69) is 18.9 Å². The number of rotatable bonds is 5. The molecule has 1 rings (SSSR count). The molecule has 1 aliphatic carbocycles. The van der Waals surface area contributed by atoms with Gasteiger partial charge in [-0.3, -0.25) is 0 Å². The van der Waals surface area contributed by atoms with Crippen molar-refractivity contribution in [3.63, 3.8) is 0 Å². The third kappa shape index (κ3) is 3.58. The van der Waals surface area contributed by atoms with Crippen molar-refractivity contribution in [3.05, 3.63) is 0 Å². The lowest BCUT2D eigenvalue weighted by molar-refractivity contribution is 0.198. The Bertz CT molecular complexity index is 141. The maximum absolute atomic E-state index is 5.82. The standard InChI is InChI=1S/C12H26N2/c1-3-14(2)12(10-13)9-11-7-5-4-6-8-11/h11-12H,3-10,13H2,1-2H3. The number of hydrogen-bond acceptors (Lipinski definition) is 2. The Balaban J connectivity index is 2.30. The minimum atomic E-state index is 0.614. The summed E-state index contributed by atoms with van der Waals surface area (Å²) in [7, 11) is 2.19. The number of hydrogen-bond donors (Lipinski definition) is 1. The zero-order valence-corrected chi connectivity index (χ0v) is 9.84. The normalized spacial score (nSPS) is 21.4. The highest BCUT2D eigenvalue weighted by atomic mass is 15.1. The largest absolute Gasteiger partial charge is 0.329 e. The molecule has 0 heterocycles. The second-order valence-electron chi connectivity index (χ2n) is 4.70. The van der Waals surface area contributed by atoms with Crippen molar-refractivity contribution in [1.29, 1.82) is 0 Å². The molecule has 1 saturated carbocycles. The third-order valence-electron chi connectivity index (χ3n) is 3.72. The van der Waals surface area contributed by atoms with Gasteiger partial charge < -0.3 is 10.6 Å². The van der Waals surface area contributed by atoms with Gasteiger partial charge in [0, 0.05) is 12.6 Å². The first-order valence-corrected chi connectivity index (χ1v) is 6.18. The molecule has 0 spiro atoms. The molecule has 0 amide bonds. The molecule has 2 nitrogen and oxygen atoms in total. The Labute approximate surface area is 88.8 Å². The number of likely N-dealkylation sites (N-methyl/N-ethyl adjacent to an activating group) is 1. The van der Waals surface area contributed by atoms with Crippen molar-refractivity contribution in [2.75, 3.05) is 20.1 Å². The molecule has 2 heteroatoms. The molecule has 0 aromatic heterocycles. The molecule has 84 valence electrons. The number of nitrogens with zero attached hydrogens (tertiary/aromatic N) is 1. The Morgan fingerprint density at radius 3 is 2.43 bits per heavy atom. The Kier molecular flexibility index (Phi) is 5.49. The van der Waals surface area contributed by atoms with E-state index in [1.165, 1.54) is 38.5 Å². The van der Waals surface area contributed by atoms with Crippen molar-refractivity contribution in [2.24, 2.45) is 11.7 Å². The Hall–Kier alpha value is -0.0800. The predicted molar refractivity (Wildman–Crippen MR) is 62.3 cm³/mol. The van der Waals surface area contributed by atoms with E-state index in [-0.39, 0.29) is 0 Å². The van der Waals surface area contributed by atoms with E-state index in [9.17, 15) is 0 Å². The predicted octanol–water partition coefficient (Wildman–Crippen LogP) is 2.24. The molecule has 0 aromatic carbocycles. The first kappa shape index (κ1) is 12.0. The van der Waals surface area contributed by atoms with Crippen LogP contribution in [0.5, 0.6) is 0 Å². The summed E-state index contributed by atoms with van der Waals surface area (Å²) < 4.78 is 0. The molecule has 14 heavy (non-hydrogen) atoms. The van der Waals surface area contributed by atoms with Crippen molar-refractivity contribution in [3.8, 4) is 0 Å². The highest BCUT2D eigenvalue weighted by Gasteiger charge is 2.19. The SMILES string of the molecule is CCN(C)C(CN)CC1CCCCC1. The van der Waals surface area contributed by atoms with Crippen LogP contribution in [0.2, 0.25) is 0 Å². The molecule has 0 radical (unpaired) electrons. The van der Waals surface area contributed by atoms with Crippen LogP contribution >= 0.6 is 0 Å². The fourth-order valence-corrected chi connectivity index (χ4v) is 2.52. The van der Waals surface area contributed by atoms with Crippen LogP contribution < -0.4 is 5.73 Å². The highest BCUT2D eigenvalue weighted by Crippen LogP contribution is 2.28. The molecule has 1 unspecified atom stereocenters. The van der Waals surface area contributed by atoms with Crippen LogP contribution in [-0.2, 0) is 0 Å². The van der Waals surface area contributed by atoms with Crippen molar-refractivity contribution in [2.45, 2.75) is 51.5 Å². The van der Waals surface area contributed by atoms with Crippen molar-refractivity contribution in [1.82, 2.24) is 4.90 Å². The highest BCUT2D eigenvalue weighted by molar-refractivity contribution is 4.75. The van der Waals surface area contributed by atoms with E-state index in [4.69, 9.17) is 5.73 Å². The molecule has 0 aliphatic heterocycles. The van der Waals surface area contributed by atoms with Crippen LogP contribution in [-0.4, -0.2) is 31.1 Å². The topological polar surface area (TPSA) is 29.3 Å². The van der Waals surface area contributed by atoms with E-state index >= 15 is 0 Å². The smallest absolute Gasteiger partial charge is 0.0217 e.